The molecule has 3 nitrogen and oxygen atoms in total. The summed E-state index contributed by atoms with van der Waals surface area (Å²) in [7, 11) is 0. The van der Waals surface area contributed by atoms with E-state index < -0.39 is 11.8 Å². The summed E-state index contributed by atoms with van der Waals surface area (Å²) < 4.78 is 23.4. The predicted molar refractivity (Wildman–Crippen MR) is 61.2 cm³/mol. The lowest BCUT2D eigenvalue weighted by molar-refractivity contribution is -0.145. The predicted octanol–water partition coefficient (Wildman–Crippen LogP) is 2.37. The third kappa shape index (κ3) is 4.03. The van der Waals surface area contributed by atoms with Gasteiger partial charge in [0.25, 0.3) is 0 Å². The van der Waals surface area contributed by atoms with E-state index in [1.807, 2.05) is 22.6 Å². The summed E-state index contributed by atoms with van der Waals surface area (Å²) in [6.45, 7) is 1.82. The van der Waals surface area contributed by atoms with Crippen LogP contribution in [0.1, 0.15) is 6.92 Å². The van der Waals surface area contributed by atoms with Crippen molar-refractivity contribution in [3.05, 3.63) is 27.6 Å². The summed E-state index contributed by atoms with van der Waals surface area (Å²) in [5.41, 5.74) is 0. The second-order valence-electron chi connectivity index (χ2n) is 2.67. The maximum atomic E-state index is 12.8. The Hall–Kier alpha value is -0.850. The maximum Gasteiger partial charge on any atom is 0.344 e. The van der Waals surface area contributed by atoms with Gasteiger partial charge in [-0.2, -0.15) is 0 Å². The van der Waals surface area contributed by atoms with E-state index in [-0.39, 0.29) is 6.61 Å². The fourth-order valence-electron chi connectivity index (χ4n) is 0.927. The Kier molecular flexibility index (Phi) is 4.80. The highest BCUT2D eigenvalue weighted by molar-refractivity contribution is 14.1. The van der Waals surface area contributed by atoms with Crippen LogP contribution in [-0.2, 0) is 9.53 Å². The summed E-state index contributed by atoms with van der Waals surface area (Å²) >= 11 is 2.00. The number of hydrogen-bond acceptors (Lipinski definition) is 3. The maximum absolute atomic E-state index is 12.8. The van der Waals surface area contributed by atoms with Gasteiger partial charge in [0.1, 0.15) is 11.6 Å². The molecule has 0 aromatic heterocycles. The highest BCUT2D eigenvalue weighted by atomic mass is 127. The smallest absolute Gasteiger partial charge is 0.344 e. The molecule has 5 heteroatoms. The first-order chi connectivity index (χ1) is 7.13. The normalized spacial score (nSPS) is 9.80. The molecule has 0 N–H and O–H groups in total. The van der Waals surface area contributed by atoms with E-state index >= 15 is 0 Å². The van der Waals surface area contributed by atoms with E-state index in [9.17, 15) is 9.18 Å². The highest BCUT2D eigenvalue weighted by Gasteiger charge is 2.06. The highest BCUT2D eigenvalue weighted by Crippen LogP contribution is 2.21. The molecule has 0 saturated heterocycles. The summed E-state index contributed by atoms with van der Waals surface area (Å²) in [6, 6.07) is 4.15. The average molecular weight is 324 g/mol. The first-order valence-electron chi connectivity index (χ1n) is 4.37. The number of carbonyl (C=O) groups is 1. The average Bonchev–Trinajstić information content (AvgIpc) is 2.20. The Balaban J connectivity index is 2.57. The Bertz CT molecular complexity index is 355. The molecule has 0 radical (unpaired) electrons. The molecular formula is C10H10FIO3. The summed E-state index contributed by atoms with van der Waals surface area (Å²) in [6.07, 6.45) is 0. The van der Waals surface area contributed by atoms with E-state index in [1.165, 1.54) is 12.1 Å². The van der Waals surface area contributed by atoms with Crippen molar-refractivity contribution in [1.29, 1.82) is 0 Å². The zero-order valence-electron chi connectivity index (χ0n) is 8.13. The van der Waals surface area contributed by atoms with Crippen LogP contribution in [0, 0.1) is 9.39 Å². The van der Waals surface area contributed by atoms with Gasteiger partial charge in [0, 0.05) is 6.07 Å². The van der Waals surface area contributed by atoms with Crippen molar-refractivity contribution in [2.45, 2.75) is 6.92 Å². The number of esters is 1. The largest absolute Gasteiger partial charge is 0.481 e. The topological polar surface area (TPSA) is 35.5 Å². The zero-order chi connectivity index (χ0) is 11.3. The van der Waals surface area contributed by atoms with Gasteiger partial charge in [-0.05, 0) is 41.6 Å². The fourth-order valence-corrected chi connectivity index (χ4v) is 1.42. The van der Waals surface area contributed by atoms with Gasteiger partial charge in [0.05, 0.1) is 10.2 Å². The van der Waals surface area contributed by atoms with Crippen LogP contribution in [0.2, 0.25) is 0 Å². The Morgan fingerprint density at radius 1 is 1.53 bits per heavy atom. The van der Waals surface area contributed by atoms with Crippen molar-refractivity contribution in [1.82, 2.24) is 0 Å². The summed E-state index contributed by atoms with van der Waals surface area (Å²) in [5.74, 6) is -0.504. The number of halogens is 2. The second kappa shape index (κ2) is 5.89. The molecule has 15 heavy (non-hydrogen) atoms. The third-order valence-corrected chi connectivity index (χ3v) is 2.44. The van der Waals surface area contributed by atoms with E-state index in [0.29, 0.717) is 12.4 Å². The summed E-state index contributed by atoms with van der Waals surface area (Å²) in [5, 5.41) is 0. The molecule has 0 aliphatic heterocycles. The molecule has 0 atom stereocenters. The minimum Gasteiger partial charge on any atom is -0.481 e. The van der Waals surface area contributed by atoms with Gasteiger partial charge in [-0.1, -0.05) is 0 Å². The lowest BCUT2D eigenvalue weighted by atomic mass is 10.3. The molecule has 0 saturated carbocycles. The van der Waals surface area contributed by atoms with E-state index in [4.69, 9.17) is 4.74 Å². The van der Waals surface area contributed by atoms with Crippen LogP contribution < -0.4 is 4.74 Å². The van der Waals surface area contributed by atoms with Crippen molar-refractivity contribution < 1.29 is 18.7 Å². The summed E-state index contributed by atoms with van der Waals surface area (Å²) in [4.78, 5) is 11.0. The van der Waals surface area contributed by atoms with Gasteiger partial charge in [-0.25, -0.2) is 9.18 Å². The molecule has 0 spiro atoms. The second-order valence-corrected chi connectivity index (χ2v) is 3.83. The molecule has 0 aliphatic carbocycles. The van der Waals surface area contributed by atoms with Gasteiger partial charge in [0.2, 0.25) is 0 Å². The molecule has 1 aromatic carbocycles. The number of hydrogen-bond donors (Lipinski definition) is 0. The third-order valence-electron chi connectivity index (χ3n) is 1.54. The number of benzene rings is 1. The van der Waals surface area contributed by atoms with Crippen LogP contribution in [0.5, 0.6) is 5.75 Å². The quantitative estimate of drug-likeness (QED) is 0.630. The van der Waals surface area contributed by atoms with Crippen LogP contribution in [0.15, 0.2) is 18.2 Å². The fraction of sp³-hybridized carbons (Fsp3) is 0.300. The first kappa shape index (κ1) is 12.2. The van der Waals surface area contributed by atoms with Gasteiger partial charge >= 0.3 is 5.97 Å². The van der Waals surface area contributed by atoms with E-state index in [1.54, 1.807) is 13.0 Å². The van der Waals surface area contributed by atoms with Gasteiger partial charge in [-0.15, -0.1) is 0 Å². The van der Waals surface area contributed by atoms with Crippen LogP contribution in [-0.4, -0.2) is 19.2 Å². The van der Waals surface area contributed by atoms with Crippen molar-refractivity contribution in [2.75, 3.05) is 13.2 Å². The van der Waals surface area contributed by atoms with Gasteiger partial charge < -0.3 is 9.47 Å². The molecule has 0 fully saturated rings. The minimum absolute atomic E-state index is 0.201. The molecule has 1 rings (SSSR count). The Labute approximate surface area is 101 Å². The molecular weight excluding hydrogens is 314 g/mol. The van der Waals surface area contributed by atoms with Crippen LogP contribution >= 0.6 is 22.6 Å². The number of ether oxygens (including phenoxy) is 2. The lowest BCUT2D eigenvalue weighted by Crippen LogP contribution is -2.15. The SMILES string of the molecule is CCOC(=O)COc1cc(F)ccc1I. The van der Waals surface area contributed by atoms with Crippen molar-refractivity contribution >= 4 is 28.6 Å². The molecule has 0 aliphatic rings. The minimum atomic E-state index is -0.461. The van der Waals surface area contributed by atoms with E-state index in [2.05, 4.69) is 4.74 Å². The number of carbonyl (C=O) groups excluding carboxylic acids is 1. The zero-order valence-corrected chi connectivity index (χ0v) is 10.3. The van der Waals surface area contributed by atoms with Crippen LogP contribution in [0.3, 0.4) is 0 Å². The van der Waals surface area contributed by atoms with Crippen molar-refractivity contribution in [3.8, 4) is 5.75 Å². The van der Waals surface area contributed by atoms with Crippen molar-refractivity contribution in [3.63, 3.8) is 0 Å². The Morgan fingerprint density at radius 3 is 2.93 bits per heavy atom. The number of rotatable bonds is 4. The molecule has 0 amide bonds. The van der Waals surface area contributed by atoms with Gasteiger partial charge in [0.15, 0.2) is 6.61 Å². The molecule has 0 bridgehead atoms. The monoisotopic (exact) mass is 324 g/mol. The van der Waals surface area contributed by atoms with Crippen LogP contribution in [0.4, 0.5) is 4.39 Å². The first-order valence-corrected chi connectivity index (χ1v) is 5.45. The van der Waals surface area contributed by atoms with Crippen molar-refractivity contribution in [2.24, 2.45) is 0 Å². The molecule has 0 heterocycles. The van der Waals surface area contributed by atoms with E-state index in [0.717, 1.165) is 3.57 Å². The molecule has 1 aromatic rings. The standard InChI is InChI=1S/C10H10FIO3/c1-2-14-10(13)6-15-9-5-7(11)3-4-8(9)12/h3-5H,2,6H2,1H3. The lowest BCUT2D eigenvalue weighted by Gasteiger charge is -2.07. The Morgan fingerprint density at radius 2 is 2.27 bits per heavy atom. The van der Waals surface area contributed by atoms with Crippen LogP contribution in [0.25, 0.3) is 0 Å². The molecule has 82 valence electrons. The van der Waals surface area contributed by atoms with Gasteiger partial charge in [-0.3, -0.25) is 0 Å². The molecule has 0 unspecified atom stereocenters.